The van der Waals surface area contributed by atoms with Crippen molar-refractivity contribution in [3.8, 4) is 0 Å². The van der Waals surface area contributed by atoms with E-state index in [2.05, 4.69) is 24.8 Å². The first kappa shape index (κ1) is 12.3. The molecule has 1 aromatic rings. The Balaban J connectivity index is 0.000000252. The highest BCUT2D eigenvalue weighted by molar-refractivity contribution is 5.30. The molecule has 0 aliphatic heterocycles. The molecule has 0 radical (unpaired) electrons. The maximum atomic E-state index is 8.49. The third-order valence-corrected chi connectivity index (χ3v) is 1.12. The zero-order valence-corrected chi connectivity index (χ0v) is 7.78. The number of benzene rings is 1. The number of rotatable bonds is 0. The Morgan fingerprint density at radius 1 is 1.00 bits per heavy atom. The van der Waals surface area contributed by atoms with Crippen LogP contribution in [0.1, 0.15) is 5.56 Å². The third-order valence-electron chi connectivity index (χ3n) is 1.12. The van der Waals surface area contributed by atoms with E-state index in [1.165, 1.54) is 5.56 Å². The molecule has 3 N–H and O–H groups in total. The van der Waals surface area contributed by atoms with Gasteiger partial charge in [0.25, 0.3) is 0 Å². The van der Waals surface area contributed by atoms with Crippen LogP contribution < -0.4 is 24.4 Å². The molecule has 0 aromatic heterocycles. The Kier molecular flexibility index (Phi) is 4.86. The zero-order chi connectivity index (χ0) is 10.5. The molecule has 6 heteroatoms. The van der Waals surface area contributed by atoms with Crippen molar-refractivity contribution >= 4 is 5.69 Å². The molecule has 0 saturated heterocycles. The predicted molar refractivity (Wildman–Crippen MR) is 33.7 cm³/mol. The van der Waals surface area contributed by atoms with E-state index in [4.69, 9.17) is 18.6 Å². The van der Waals surface area contributed by atoms with Gasteiger partial charge in [-0.05, 0) is 19.1 Å². The molecule has 0 saturated carbocycles. The molecule has 0 amide bonds. The standard InChI is InChI=1S/C7H9N.ClHO4/c1-6-2-4-7(8)5-3-6;2-1(3,4)5/h2-5H,8H2,1H3;(H,2,3,4,5). The molecule has 74 valence electrons. The molecule has 0 aliphatic rings. The van der Waals surface area contributed by atoms with Crippen LogP contribution >= 0.6 is 0 Å². The number of hydrogen-bond donors (Lipinski definition) is 1. The SMILES string of the molecule is Cc1ccc([NH3+])cc1.[O-][Cl+3]([O-])([O-])[O-]. The molecular formula is C7H10ClNO4. The largest absolute Gasteiger partial charge is 0.325 e. The summed E-state index contributed by atoms with van der Waals surface area (Å²) in [5.74, 6) is 0. The van der Waals surface area contributed by atoms with Gasteiger partial charge in [-0.25, -0.2) is 18.6 Å². The van der Waals surface area contributed by atoms with Crippen molar-refractivity contribution in [2.75, 3.05) is 0 Å². The summed E-state index contributed by atoms with van der Waals surface area (Å²) >= 11 is 0. The lowest BCUT2D eigenvalue weighted by Gasteiger charge is -2.17. The molecule has 0 unspecified atom stereocenters. The van der Waals surface area contributed by atoms with Crippen LogP contribution in [0.15, 0.2) is 24.3 Å². The summed E-state index contributed by atoms with van der Waals surface area (Å²) in [4.78, 5) is 0. The van der Waals surface area contributed by atoms with E-state index < -0.39 is 10.2 Å². The maximum Gasteiger partial charge on any atom is 0.127 e. The number of aryl methyl sites for hydroxylation is 1. The van der Waals surface area contributed by atoms with Gasteiger partial charge < -0.3 is 5.73 Å². The predicted octanol–water partition coefficient (Wildman–Crippen LogP) is -3.89. The van der Waals surface area contributed by atoms with E-state index in [-0.39, 0.29) is 0 Å². The average Bonchev–Trinajstić information content (AvgIpc) is 1.92. The lowest BCUT2D eigenvalue weighted by molar-refractivity contribution is -2.00. The van der Waals surface area contributed by atoms with Gasteiger partial charge in [-0.15, -0.1) is 10.2 Å². The van der Waals surface area contributed by atoms with Gasteiger partial charge in [-0.2, -0.15) is 0 Å². The molecule has 0 heterocycles. The highest BCUT2D eigenvalue weighted by Crippen LogP contribution is 2.00. The summed E-state index contributed by atoms with van der Waals surface area (Å²) in [6.07, 6.45) is 0. The highest BCUT2D eigenvalue weighted by atomic mass is 35.7. The van der Waals surface area contributed by atoms with E-state index in [1.807, 2.05) is 12.1 Å². The first-order chi connectivity index (χ1) is 5.79. The van der Waals surface area contributed by atoms with Crippen LogP contribution in [0.25, 0.3) is 0 Å². The van der Waals surface area contributed by atoms with Crippen LogP contribution in [0.4, 0.5) is 5.69 Å². The Labute approximate surface area is 77.8 Å². The van der Waals surface area contributed by atoms with Crippen molar-refractivity contribution in [2.45, 2.75) is 6.92 Å². The van der Waals surface area contributed by atoms with Crippen molar-refractivity contribution in [3.63, 3.8) is 0 Å². The topological polar surface area (TPSA) is 120 Å². The van der Waals surface area contributed by atoms with Crippen LogP contribution in [0.3, 0.4) is 0 Å². The molecule has 0 atom stereocenters. The van der Waals surface area contributed by atoms with Gasteiger partial charge in [0.1, 0.15) is 5.69 Å². The summed E-state index contributed by atoms with van der Waals surface area (Å²) in [6.45, 7) is 2.07. The van der Waals surface area contributed by atoms with Gasteiger partial charge in [0.2, 0.25) is 0 Å². The summed E-state index contributed by atoms with van der Waals surface area (Å²) in [7, 11) is -4.94. The monoisotopic (exact) mass is 207 g/mol. The van der Waals surface area contributed by atoms with Crippen LogP contribution in [0, 0.1) is 17.2 Å². The summed E-state index contributed by atoms with van der Waals surface area (Å²) in [5, 5.41) is 0. The Morgan fingerprint density at radius 2 is 1.31 bits per heavy atom. The first-order valence-electron chi connectivity index (χ1n) is 3.29. The van der Waals surface area contributed by atoms with Crippen LogP contribution in [0.2, 0.25) is 0 Å². The number of quaternary nitrogens is 1. The van der Waals surface area contributed by atoms with E-state index in [0.29, 0.717) is 0 Å². The fourth-order valence-corrected chi connectivity index (χ4v) is 0.588. The molecule has 0 bridgehead atoms. The van der Waals surface area contributed by atoms with Gasteiger partial charge >= 0.3 is 0 Å². The van der Waals surface area contributed by atoms with Gasteiger partial charge in [0.05, 0.1) is 0 Å². The lowest BCUT2D eigenvalue weighted by atomic mass is 10.2. The zero-order valence-electron chi connectivity index (χ0n) is 7.03. The molecule has 13 heavy (non-hydrogen) atoms. The van der Waals surface area contributed by atoms with Crippen LogP contribution in [-0.4, -0.2) is 0 Å². The molecule has 0 fully saturated rings. The highest BCUT2D eigenvalue weighted by Gasteiger charge is 1.84. The maximum absolute atomic E-state index is 8.49. The Hall–Kier alpha value is -0.690. The molecule has 0 spiro atoms. The fraction of sp³-hybridized carbons (Fsp3) is 0.143. The van der Waals surface area contributed by atoms with E-state index in [1.54, 1.807) is 0 Å². The van der Waals surface area contributed by atoms with Gasteiger partial charge in [-0.1, -0.05) is 17.7 Å². The minimum absolute atomic E-state index is 1.08. The second-order valence-electron chi connectivity index (χ2n) is 2.36. The van der Waals surface area contributed by atoms with Crippen molar-refractivity contribution in [1.29, 1.82) is 0 Å². The molecular weight excluding hydrogens is 198 g/mol. The normalized spacial score (nSPS) is 10.3. The van der Waals surface area contributed by atoms with Crippen molar-refractivity contribution in [1.82, 2.24) is 0 Å². The van der Waals surface area contributed by atoms with Crippen LogP contribution in [0.5, 0.6) is 0 Å². The molecule has 1 aromatic carbocycles. The molecule has 1 rings (SSSR count). The van der Waals surface area contributed by atoms with Gasteiger partial charge in [0, 0.05) is 0 Å². The second-order valence-corrected chi connectivity index (χ2v) is 3.12. The van der Waals surface area contributed by atoms with Gasteiger partial charge in [-0.3, -0.25) is 0 Å². The van der Waals surface area contributed by atoms with Crippen molar-refractivity contribution in [3.05, 3.63) is 29.8 Å². The van der Waals surface area contributed by atoms with Crippen molar-refractivity contribution < 1.29 is 34.6 Å². The lowest BCUT2D eigenvalue weighted by Crippen LogP contribution is -2.68. The minimum atomic E-state index is -4.94. The number of hydrogen-bond acceptors (Lipinski definition) is 4. The van der Waals surface area contributed by atoms with Gasteiger partial charge in [0.15, 0.2) is 0 Å². The second kappa shape index (κ2) is 5.13. The fourth-order valence-electron chi connectivity index (χ4n) is 0.588. The average molecular weight is 208 g/mol. The quantitative estimate of drug-likeness (QED) is 0.468. The smallest absolute Gasteiger partial charge is 0.127 e. The molecule has 5 nitrogen and oxygen atoms in total. The summed E-state index contributed by atoms with van der Waals surface area (Å²) in [6, 6.07) is 8.13. The van der Waals surface area contributed by atoms with E-state index >= 15 is 0 Å². The first-order valence-corrected chi connectivity index (χ1v) is 4.53. The minimum Gasteiger partial charge on any atom is -0.325 e. The Bertz CT molecular complexity index is 217. The van der Waals surface area contributed by atoms with Crippen molar-refractivity contribution in [2.24, 2.45) is 0 Å². The van der Waals surface area contributed by atoms with E-state index in [0.717, 1.165) is 5.69 Å². The van der Waals surface area contributed by atoms with Crippen LogP contribution in [-0.2, 0) is 0 Å². The summed E-state index contributed by atoms with van der Waals surface area (Å²) < 4.78 is 34.0. The molecule has 0 aliphatic carbocycles. The summed E-state index contributed by atoms with van der Waals surface area (Å²) in [5.41, 5.74) is 6.13. The number of halogens is 1. The third kappa shape index (κ3) is 11.3. The Morgan fingerprint density at radius 3 is 1.54 bits per heavy atom. The van der Waals surface area contributed by atoms with E-state index in [9.17, 15) is 0 Å².